The molecule has 0 amide bonds. The van der Waals surface area contributed by atoms with E-state index in [1.165, 1.54) is 19.1 Å². The highest BCUT2D eigenvalue weighted by atomic mass is 79.9. The molecular formula is C12H12Br2N4O3. The minimum atomic E-state index is -0.544. The standard InChI is InChI=1S/C6H5BrN2O3.C6H7BrN2/c1-4-2-5(9(11)12)3-6(7)8(4)10;1-4-2-5(8)3-6(7)9-4/h2-3H,1H3;2-3H,1H3,(H2,8,9). The van der Waals surface area contributed by atoms with Crippen LogP contribution in [-0.2, 0) is 0 Å². The summed E-state index contributed by atoms with van der Waals surface area (Å²) in [5, 5.41) is 21.3. The number of nitro groups is 1. The average molecular weight is 420 g/mol. The van der Waals surface area contributed by atoms with Gasteiger partial charge >= 0.3 is 0 Å². The zero-order valence-corrected chi connectivity index (χ0v) is 14.4. The Labute approximate surface area is 137 Å². The van der Waals surface area contributed by atoms with Crippen LogP contribution in [0.15, 0.2) is 33.5 Å². The Morgan fingerprint density at radius 3 is 2.29 bits per heavy atom. The van der Waals surface area contributed by atoms with Crippen molar-refractivity contribution in [3.05, 3.63) is 60.2 Å². The SMILES string of the molecule is Cc1cc(N)cc(Br)n1.Cc1cc([N+](=O)[O-])cc(Br)[n+]1[O-]. The van der Waals surface area contributed by atoms with Crippen LogP contribution in [0.3, 0.4) is 0 Å². The summed E-state index contributed by atoms with van der Waals surface area (Å²) in [6.07, 6.45) is 0. The number of halogens is 2. The number of hydrogen-bond donors (Lipinski definition) is 1. The molecule has 0 aliphatic heterocycles. The lowest BCUT2D eigenvalue weighted by atomic mass is 10.3. The number of hydrogen-bond acceptors (Lipinski definition) is 5. The molecule has 112 valence electrons. The summed E-state index contributed by atoms with van der Waals surface area (Å²) in [5.41, 5.74) is 7.36. The predicted octanol–water partition coefficient (Wildman–Crippen LogP) is 3.03. The summed E-state index contributed by atoms with van der Waals surface area (Å²) >= 11 is 6.13. The molecule has 21 heavy (non-hydrogen) atoms. The number of nitrogen functional groups attached to an aromatic ring is 1. The first-order valence-corrected chi connectivity index (χ1v) is 7.23. The van der Waals surface area contributed by atoms with Crippen molar-refractivity contribution in [3.8, 4) is 0 Å². The zero-order chi connectivity index (χ0) is 16.2. The van der Waals surface area contributed by atoms with Crippen LogP contribution in [0.4, 0.5) is 11.4 Å². The molecule has 0 aromatic carbocycles. The molecule has 2 N–H and O–H groups in total. The molecule has 0 bridgehead atoms. The maximum Gasteiger partial charge on any atom is 0.283 e. The number of rotatable bonds is 1. The molecule has 0 fully saturated rings. The van der Waals surface area contributed by atoms with Gasteiger partial charge in [0.2, 0.25) is 0 Å². The van der Waals surface area contributed by atoms with Gasteiger partial charge in [-0.2, -0.15) is 4.73 Å². The van der Waals surface area contributed by atoms with E-state index in [1.54, 1.807) is 6.07 Å². The Morgan fingerprint density at radius 2 is 1.86 bits per heavy atom. The number of pyridine rings is 2. The quantitative estimate of drug-likeness (QED) is 0.251. The maximum absolute atomic E-state index is 11.0. The van der Waals surface area contributed by atoms with Crippen molar-refractivity contribution in [3.63, 3.8) is 0 Å². The van der Waals surface area contributed by atoms with Crippen molar-refractivity contribution in [1.29, 1.82) is 0 Å². The number of anilines is 1. The van der Waals surface area contributed by atoms with E-state index in [2.05, 4.69) is 36.8 Å². The monoisotopic (exact) mass is 418 g/mol. The Balaban J connectivity index is 0.000000219. The lowest BCUT2D eigenvalue weighted by molar-refractivity contribution is -0.624. The van der Waals surface area contributed by atoms with E-state index < -0.39 is 4.92 Å². The Bertz CT molecular complexity index is 606. The third-order valence-electron chi connectivity index (χ3n) is 2.29. The summed E-state index contributed by atoms with van der Waals surface area (Å²) in [7, 11) is 0. The van der Waals surface area contributed by atoms with E-state index in [4.69, 9.17) is 5.73 Å². The summed E-state index contributed by atoms with van der Waals surface area (Å²) in [6.45, 7) is 3.41. The Kier molecular flexibility index (Phi) is 6.03. The van der Waals surface area contributed by atoms with E-state index in [9.17, 15) is 15.3 Å². The van der Waals surface area contributed by atoms with Crippen LogP contribution in [0.5, 0.6) is 0 Å². The van der Waals surface area contributed by atoms with Gasteiger partial charge in [0.1, 0.15) is 4.60 Å². The van der Waals surface area contributed by atoms with Crippen molar-refractivity contribution in [2.24, 2.45) is 0 Å². The van der Waals surface area contributed by atoms with E-state index >= 15 is 0 Å². The van der Waals surface area contributed by atoms with Crippen LogP contribution in [0.2, 0.25) is 0 Å². The molecule has 0 aliphatic carbocycles. The Morgan fingerprint density at radius 1 is 1.24 bits per heavy atom. The normalized spacial score (nSPS) is 9.71. The maximum atomic E-state index is 11.0. The topological polar surface area (TPSA) is 109 Å². The molecule has 2 rings (SSSR count). The van der Waals surface area contributed by atoms with Crippen LogP contribution >= 0.6 is 31.9 Å². The van der Waals surface area contributed by atoms with Gasteiger partial charge in [0.15, 0.2) is 5.69 Å². The highest BCUT2D eigenvalue weighted by molar-refractivity contribution is 9.10. The minimum Gasteiger partial charge on any atom is -0.618 e. The lowest BCUT2D eigenvalue weighted by Crippen LogP contribution is -2.31. The van der Waals surface area contributed by atoms with Gasteiger partial charge in [-0.1, -0.05) is 0 Å². The summed E-state index contributed by atoms with van der Waals surface area (Å²) in [6, 6.07) is 5.98. The van der Waals surface area contributed by atoms with Crippen LogP contribution in [0.1, 0.15) is 11.4 Å². The second kappa shape index (κ2) is 7.32. The molecule has 7 nitrogen and oxygen atoms in total. The number of aryl methyl sites for hydroxylation is 2. The highest BCUT2D eigenvalue weighted by Gasteiger charge is 2.14. The molecule has 0 spiro atoms. The molecule has 2 heterocycles. The van der Waals surface area contributed by atoms with Crippen molar-refractivity contribution >= 4 is 43.2 Å². The second-order valence-electron chi connectivity index (χ2n) is 4.09. The Hall–Kier alpha value is -1.74. The first kappa shape index (κ1) is 17.3. The van der Waals surface area contributed by atoms with Gasteiger partial charge < -0.3 is 10.9 Å². The predicted molar refractivity (Wildman–Crippen MR) is 85.6 cm³/mol. The fourth-order valence-corrected chi connectivity index (χ4v) is 2.48. The molecule has 0 radical (unpaired) electrons. The number of nitrogens with zero attached hydrogens (tertiary/aromatic N) is 3. The van der Waals surface area contributed by atoms with E-state index in [0.29, 0.717) is 4.73 Å². The molecule has 2 aromatic rings. The van der Waals surface area contributed by atoms with Crippen molar-refractivity contribution in [2.75, 3.05) is 5.73 Å². The number of aromatic nitrogens is 2. The van der Waals surface area contributed by atoms with E-state index in [0.717, 1.165) is 16.0 Å². The lowest BCUT2D eigenvalue weighted by Gasteiger charge is -2.01. The van der Waals surface area contributed by atoms with Crippen molar-refractivity contribution in [2.45, 2.75) is 13.8 Å². The third kappa shape index (κ3) is 5.27. The molecule has 0 saturated carbocycles. The highest BCUT2D eigenvalue weighted by Crippen LogP contribution is 2.15. The van der Waals surface area contributed by atoms with Crippen LogP contribution in [0, 0.1) is 29.2 Å². The van der Waals surface area contributed by atoms with Gasteiger partial charge in [0.25, 0.3) is 10.3 Å². The zero-order valence-electron chi connectivity index (χ0n) is 11.2. The van der Waals surface area contributed by atoms with Crippen molar-refractivity contribution in [1.82, 2.24) is 4.98 Å². The molecule has 9 heteroatoms. The van der Waals surface area contributed by atoms with Crippen LogP contribution < -0.4 is 10.5 Å². The first-order chi connectivity index (χ1) is 9.70. The third-order valence-corrected chi connectivity index (χ3v) is 3.25. The van der Waals surface area contributed by atoms with E-state index in [1.807, 2.05) is 13.0 Å². The second-order valence-corrected chi connectivity index (χ2v) is 5.72. The smallest absolute Gasteiger partial charge is 0.283 e. The molecular weight excluding hydrogens is 408 g/mol. The summed E-state index contributed by atoms with van der Waals surface area (Å²) in [5.74, 6) is 0. The van der Waals surface area contributed by atoms with Gasteiger partial charge in [-0.25, -0.2) is 4.98 Å². The van der Waals surface area contributed by atoms with Crippen LogP contribution in [0.25, 0.3) is 0 Å². The summed E-state index contributed by atoms with van der Waals surface area (Å²) in [4.78, 5) is 13.8. The molecule has 0 saturated heterocycles. The first-order valence-electron chi connectivity index (χ1n) is 5.64. The van der Waals surface area contributed by atoms with Gasteiger partial charge in [-0.15, -0.1) is 0 Å². The molecule has 0 unspecified atom stereocenters. The largest absolute Gasteiger partial charge is 0.618 e. The van der Waals surface area contributed by atoms with Gasteiger partial charge in [0.05, 0.1) is 17.1 Å². The molecule has 2 aromatic heterocycles. The molecule has 0 aliphatic rings. The van der Waals surface area contributed by atoms with Gasteiger partial charge in [0, 0.05) is 34.2 Å². The van der Waals surface area contributed by atoms with Gasteiger partial charge in [-0.05, 0) is 35.0 Å². The minimum absolute atomic E-state index is 0.0912. The van der Waals surface area contributed by atoms with Crippen molar-refractivity contribution < 1.29 is 9.65 Å². The fraction of sp³-hybridized carbons (Fsp3) is 0.167. The number of nitrogens with two attached hydrogens (primary N) is 1. The average Bonchev–Trinajstić information content (AvgIpc) is 2.34. The van der Waals surface area contributed by atoms with Crippen LogP contribution in [-0.4, -0.2) is 9.91 Å². The summed E-state index contributed by atoms with van der Waals surface area (Å²) < 4.78 is 1.52. The molecule has 0 atom stereocenters. The van der Waals surface area contributed by atoms with Gasteiger partial charge in [-0.3, -0.25) is 10.1 Å². The fourth-order valence-electron chi connectivity index (χ4n) is 1.42. The van der Waals surface area contributed by atoms with E-state index in [-0.39, 0.29) is 16.0 Å².